The third-order valence-electron chi connectivity index (χ3n) is 7.01. The quantitative estimate of drug-likeness (QED) is 0.852. The summed E-state index contributed by atoms with van der Waals surface area (Å²) in [5.74, 6) is 1.83. The number of carbonyl (C=O) groups is 1. The Kier molecular flexibility index (Phi) is 5.60. The molecule has 1 aromatic carbocycles. The summed E-state index contributed by atoms with van der Waals surface area (Å²) in [5, 5.41) is 6.32. The predicted molar refractivity (Wildman–Crippen MR) is 105 cm³/mol. The zero-order valence-corrected chi connectivity index (χ0v) is 15.9. The topological polar surface area (TPSA) is 44.4 Å². The fourth-order valence-electron chi connectivity index (χ4n) is 5.37. The van der Waals surface area contributed by atoms with Gasteiger partial charge in [0.1, 0.15) is 5.54 Å². The summed E-state index contributed by atoms with van der Waals surface area (Å²) in [6, 6.07) is 11.2. The summed E-state index contributed by atoms with van der Waals surface area (Å²) >= 11 is 0. The molecule has 0 bridgehead atoms. The lowest BCUT2D eigenvalue weighted by molar-refractivity contribution is -0.125. The van der Waals surface area contributed by atoms with Crippen LogP contribution < -0.4 is 10.6 Å². The van der Waals surface area contributed by atoms with Crippen molar-refractivity contribution in [1.29, 1.82) is 0 Å². The first-order valence-electron chi connectivity index (χ1n) is 10.6. The molecule has 1 amide bonds. The van der Waals surface area contributed by atoms with E-state index in [0.717, 1.165) is 37.8 Å². The van der Waals surface area contributed by atoms with Crippen molar-refractivity contribution in [3.05, 3.63) is 35.9 Å². The molecule has 4 heteroatoms. The Hall–Kier alpha value is -1.39. The van der Waals surface area contributed by atoms with Crippen LogP contribution in [0.1, 0.15) is 62.8 Å². The number of amides is 1. The molecule has 2 aliphatic heterocycles. The number of rotatable bonds is 5. The average molecular weight is 356 g/mol. The highest BCUT2D eigenvalue weighted by Crippen LogP contribution is 2.40. The summed E-state index contributed by atoms with van der Waals surface area (Å²) < 4.78 is 0. The molecule has 2 heterocycles. The summed E-state index contributed by atoms with van der Waals surface area (Å²) in [4.78, 5) is 14.6. The van der Waals surface area contributed by atoms with Crippen LogP contribution in [0.3, 0.4) is 0 Å². The van der Waals surface area contributed by atoms with Gasteiger partial charge in [-0.2, -0.15) is 0 Å². The highest BCUT2D eigenvalue weighted by atomic mass is 16.2. The Bertz CT molecular complexity index is 595. The number of nitrogens with one attached hydrogen (secondary N) is 2. The van der Waals surface area contributed by atoms with Crippen LogP contribution in [0.2, 0.25) is 0 Å². The molecule has 2 N–H and O–H groups in total. The van der Waals surface area contributed by atoms with Crippen LogP contribution in [-0.4, -0.2) is 42.6 Å². The van der Waals surface area contributed by atoms with Crippen molar-refractivity contribution in [1.82, 2.24) is 15.5 Å². The van der Waals surface area contributed by atoms with E-state index in [0.29, 0.717) is 6.67 Å². The maximum Gasteiger partial charge on any atom is 0.241 e. The van der Waals surface area contributed by atoms with Crippen molar-refractivity contribution in [2.45, 2.75) is 62.8 Å². The predicted octanol–water partition coefficient (Wildman–Crippen LogP) is 3.25. The van der Waals surface area contributed by atoms with Crippen LogP contribution in [-0.2, 0) is 4.79 Å². The first-order valence-corrected chi connectivity index (χ1v) is 10.6. The number of piperidine rings is 1. The molecule has 142 valence electrons. The highest BCUT2D eigenvalue weighted by Gasteiger charge is 2.44. The minimum absolute atomic E-state index is 0.213. The van der Waals surface area contributed by atoms with E-state index < -0.39 is 0 Å². The van der Waals surface area contributed by atoms with Crippen LogP contribution in [0, 0.1) is 5.92 Å². The second-order valence-electron chi connectivity index (χ2n) is 8.49. The molecule has 0 unspecified atom stereocenters. The molecule has 4 rings (SSSR count). The van der Waals surface area contributed by atoms with Crippen LogP contribution >= 0.6 is 0 Å². The van der Waals surface area contributed by atoms with Gasteiger partial charge in [-0.25, -0.2) is 0 Å². The standard InChI is InChI=1S/C22H33N3O/c26-21-22(24-17-23-21)12-15-25(16-13-22)14-6-10-19-9-4-5-11-20(19)18-7-2-1-3-8-18/h1-3,7-8,19-20,24H,4-6,9-17H2,(H,23,26)/t19-,20+/m0/s1. The van der Waals surface area contributed by atoms with Gasteiger partial charge in [-0.15, -0.1) is 0 Å². The molecule has 3 fully saturated rings. The van der Waals surface area contributed by atoms with Crippen LogP contribution in [0.15, 0.2) is 30.3 Å². The van der Waals surface area contributed by atoms with Crippen molar-refractivity contribution in [3.8, 4) is 0 Å². The smallest absolute Gasteiger partial charge is 0.241 e. The molecule has 2 saturated heterocycles. The number of hydrogen-bond donors (Lipinski definition) is 2. The van der Waals surface area contributed by atoms with Gasteiger partial charge < -0.3 is 10.2 Å². The Morgan fingerprint density at radius 1 is 1.08 bits per heavy atom. The second-order valence-corrected chi connectivity index (χ2v) is 8.49. The third kappa shape index (κ3) is 3.81. The average Bonchev–Trinajstić information content (AvgIpc) is 3.04. The van der Waals surface area contributed by atoms with E-state index >= 15 is 0 Å². The third-order valence-corrected chi connectivity index (χ3v) is 7.01. The summed E-state index contributed by atoms with van der Waals surface area (Å²) in [5.41, 5.74) is 1.29. The van der Waals surface area contributed by atoms with Gasteiger partial charge in [0.05, 0.1) is 6.67 Å². The second kappa shape index (κ2) is 8.10. The van der Waals surface area contributed by atoms with Gasteiger partial charge in [-0.1, -0.05) is 43.2 Å². The molecule has 2 atom stereocenters. The van der Waals surface area contributed by atoms with Gasteiger partial charge in [-0.05, 0) is 62.5 Å². The van der Waals surface area contributed by atoms with E-state index in [1.165, 1.54) is 45.1 Å². The van der Waals surface area contributed by atoms with Gasteiger partial charge >= 0.3 is 0 Å². The van der Waals surface area contributed by atoms with Gasteiger partial charge in [-0.3, -0.25) is 10.1 Å². The van der Waals surface area contributed by atoms with E-state index in [9.17, 15) is 4.79 Å². The molecule has 3 aliphatic rings. The zero-order chi connectivity index (χ0) is 17.8. The lowest BCUT2D eigenvalue weighted by Gasteiger charge is -2.38. The lowest BCUT2D eigenvalue weighted by Crippen LogP contribution is -2.54. The Labute approximate surface area is 157 Å². The van der Waals surface area contributed by atoms with E-state index in [1.54, 1.807) is 5.56 Å². The SMILES string of the molecule is O=C1NCNC12CCN(CCC[C@@H]1CCCC[C@@H]1c1ccccc1)CC2. The molecule has 26 heavy (non-hydrogen) atoms. The van der Waals surface area contributed by atoms with Crippen LogP contribution in [0.5, 0.6) is 0 Å². The number of benzene rings is 1. The molecule has 4 nitrogen and oxygen atoms in total. The first-order chi connectivity index (χ1) is 12.8. The number of carbonyl (C=O) groups excluding carboxylic acids is 1. The maximum atomic E-state index is 12.1. The molecule has 1 aliphatic carbocycles. The fraction of sp³-hybridized carbons (Fsp3) is 0.682. The number of hydrogen-bond acceptors (Lipinski definition) is 3. The van der Waals surface area contributed by atoms with E-state index in [2.05, 4.69) is 45.9 Å². The Balaban J connectivity index is 1.25. The first kappa shape index (κ1) is 18.0. The summed E-state index contributed by atoms with van der Waals surface area (Å²) in [7, 11) is 0. The van der Waals surface area contributed by atoms with E-state index in [-0.39, 0.29) is 11.4 Å². The Morgan fingerprint density at radius 3 is 2.58 bits per heavy atom. The van der Waals surface area contributed by atoms with Crippen molar-refractivity contribution >= 4 is 5.91 Å². The largest absolute Gasteiger partial charge is 0.342 e. The van der Waals surface area contributed by atoms with Crippen molar-refractivity contribution in [3.63, 3.8) is 0 Å². The van der Waals surface area contributed by atoms with E-state index in [1.807, 2.05) is 0 Å². The minimum Gasteiger partial charge on any atom is -0.342 e. The van der Waals surface area contributed by atoms with Gasteiger partial charge in [0.15, 0.2) is 0 Å². The van der Waals surface area contributed by atoms with Crippen molar-refractivity contribution < 1.29 is 4.79 Å². The van der Waals surface area contributed by atoms with Crippen molar-refractivity contribution in [2.24, 2.45) is 5.92 Å². The van der Waals surface area contributed by atoms with Gasteiger partial charge in [0, 0.05) is 13.1 Å². The molecule has 0 aromatic heterocycles. The number of likely N-dealkylation sites (tertiary alicyclic amines) is 1. The molecular formula is C22H33N3O. The molecule has 1 aromatic rings. The lowest BCUT2D eigenvalue weighted by atomic mass is 9.73. The Morgan fingerprint density at radius 2 is 1.85 bits per heavy atom. The fourth-order valence-corrected chi connectivity index (χ4v) is 5.37. The van der Waals surface area contributed by atoms with Gasteiger partial charge in [0.2, 0.25) is 5.91 Å². The van der Waals surface area contributed by atoms with Gasteiger partial charge in [0.25, 0.3) is 0 Å². The highest BCUT2D eigenvalue weighted by molar-refractivity contribution is 5.88. The summed E-state index contributed by atoms with van der Waals surface area (Å²) in [6.07, 6.45) is 10.1. The maximum absolute atomic E-state index is 12.1. The van der Waals surface area contributed by atoms with Crippen LogP contribution in [0.4, 0.5) is 0 Å². The molecule has 1 saturated carbocycles. The van der Waals surface area contributed by atoms with Crippen LogP contribution in [0.25, 0.3) is 0 Å². The zero-order valence-electron chi connectivity index (χ0n) is 15.9. The normalized spacial score (nSPS) is 29.0. The monoisotopic (exact) mass is 355 g/mol. The van der Waals surface area contributed by atoms with E-state index in [4.69, 9.17) is 0 Å². The number of nitrogens with zero attached hydrogens (tertiary/aromatic N) is 1. The minimum atomic E-state index is -0.266. The van der Waals surface area contributed by atoms with Crippen molar-refractivity contribution in [2.75, 3.05) is 26.3 Å². The summed E-state index contributed by atoms with van der Waals surface area (Å²) in [6.45, 7) is 3.93. The molecular weight excluding hydrogens is 322 g/mol. The molecule has 1 spiro atoms. The molecule has 0 radical (unpaired) electrons.